The van der Waals surface area contributed by atoms with E-state index in [0.29, 0.717) is 29.1 Å². The van der Waals surface area contributed by atoms with Crippen LogP contribution in [0.3, 0.4) is 0 Å². The summed E-state index contributed by atoms with van der Waals surface area (Å²) in [5.74, 6) is -1.34. The summed E-state index contributed by atoms with van der Waals surface area (Å²) in [4.78, 5) is 42.2. The van der Waals surface area contributed by atoms with Crippen molar-refractivity contribution in [1.29, 1.82) is 0 Å². The van der Waals surface area contributed by atoms with Crippen LogP contribution in [0.15, 0.2) is 79.0 Å². The van der Waals surface area contributed by atoms with Crippen LogP contribution in [0, 0.1) is 0 Å². The second-order valence-corrected chi connectivity index (χ2v) is 10.2. The molecule has 1 fully saturated rings. The van der Waals surface area contributed by atoms with Crippen molar-refractivity contribution in [3.63, 3.8) is 0 Å². The molecule has 4 aromatic rings. The molecule has 0 radical (unpaired) electrons. The Morgan fingerprint density at radius 1 is 0.925 bits per heavy atom. The first-order valence-corrected chi connectivity index (χ1v) is 13.2. The van der Waals surface area contributed by atoms with E-state index in [1.165, 1.54) is 12.1 Å². The predicted octanol–water partition coefficient (Wildman–Crippen LogP) is 4.16. The minimum atomic E-state index is -1.06. The average Bonchev–Trinajstić information content (AvgIpc) is 3.53. The van der Waals surface area contributed by atoms with Crippen molar-refractivity contribution >= 4 is 51.3 Å². The number of amides is 1. The molecule has 9 heteroatoms. The molecule has 0 bridgehead atoms. The van der Waals surface area contributed by atoms with E-state index < -0.39 is 5.97 Å². The molecule has 6 rings (SSSR count). The summed E-state index contributed by atoms with van der Waals surface area (Å²) in [6.07, 6.45) is 1.81. The van der Waals surface area contributed by atoms with Crippen LogP contribution in [-0.2, 0) is 4.79 Å². The van der Waals surface area contributed by atoms with E-state index >= 15 is 0 Å². The number of benzene rings is 3. The molecule has 1 amide bonds. The number of carbonyl (C=O) groups is 3. The maximum absolute atomic E-state index is 13.2. The van der Waals surface area contributed by atoms with E-state index in [4.69, 9.17) is 0 Å². The standard InChI is InChI=1S/C31H29N5O4/c1-34-13-15-35(16-14-34)19-27(37)36-12-11-21-17-23(8-10-26(21)36)32-29(20-5-3-2-4-6-20)28-24-9-7-22(31(39)40)18-25(24)33-30(28)38/h2-12,17-18,32H,13-16,19H2,1H3,(H,33,38)(H,39,40). The lowest BCUT2D eigenvalue weighted by Crippen LogP contribution is -2.46. The average molecular weight is 536 g/mol. The highest BCUT2D eigenvalue weighted by Crippen LogP contribution is 2.38. The number of fused-ring (bicyclic) bond motifs is 2. The van der Waals surface area contributed by atoms with Gasteiger partial charge in [0.2, 0.25) is 5.91 Å². The molecule has 0 atom stereocenters. The van der Waals surface area contributed by atoms with Crippen molar-refractivity contribution in [2.45, 2.75) is 0 Å². The van der Waals surface area contributed by atoms with Gasteiger partial charge in [0, 0.05) is 49.0 Å². The first-order chi connectivity index (χ1) is 19.4. The largest absolute Gasteiger partial charge is 0.478 e. The van der Waals surface area contributed by atoms with Crippen LogP contribution in [-0.4, -0.2) is 77.0 Å². The Morgan fingerprint density at radius 3 is 2.45 bits per heavy atom. The Hall–Kier alpha value is -4.73. The Kier molecular flexibility index (Phi) is 6.67. The van der Waals surface area contributed by atoms with Crippen molar-refractivity contribution in [1.82, 2.24) is 14.4 Å². The topological polar surface area (TPSA) is 107 Å². The van der Waals surface area contributed by atoms with E-state index in [0.717, 1.165) is 48.3 Å². The molecular formula is C31H29N5O4. The third-order valence-electron chi connectivity index (χ3n) is 7.51. The maximum Gasteiger partial charge on any atom is 0.335 e. The molecule has 9 nitrogen and oxygen atoms in total. The van der Waals surface area contributed by atoms with Gasteiger partial charge < -0.3 is 20.6 Å². The van der Waals surface area contributed by atoms with Gasteiger partial charge in [-0.15, -0.1) is 0 Å². The van der Waals surface area contributed by atoms with Gasteiger partial charge in [0.05, 0.1) is 34.6 Å². The second kappa shape index (κ2) is 10.4. The zero-order chi connectivity index (χ0) is 27.8. The van der Waals surface area contributed by atoms with E-state index in [2.05, 4.69) is 27.5 Å². The van der Waals surface area contributed by atoms with E-state index in [-0.39, 0.29) is 17.4 Å². The molecule has 0 saturated carbocycles. The van der Waals surface area contributed by atoms with Gasteiger partial charge in [-0.05, 0) is 49.0 Å². The fourth-order valence-electron chi connectivity index (χ4n) is 5.29. The van der Waals surface area contributed by atoms with Crippen LogP contribution in [0.2, 0.25) is 0 Å². The Balaban J connectivity index is 1.33. The first kappa shape index (κ1) is 25.5. The van der Waals surface area contributed by atoms with Crippen molar-refractivity contribution < 1.29 is 19.5 Å². The van der Waals surface area contributed by atoms with Crippen LogP contribution >= 0.6 is 0 Å². The summed E-state index contributed by atoms with van der Waals surface area (Å²) in [5.41, 5.74) is 4.61. The first-order valence-electron chi connectivity index (χ1n) is 13.2. The number of nitrogens with zero attached hydrogens (tertiary/aromatic N) is 3. The Morgan fingerprint density at radius 2 is 1.70 bits per heavy atom. The summed E-state index contributed by atoms with van der Waals surface area (Å²) < 4.78 is 1.70. The number of piperazine rings is 1. The summed E-state index contributed by atoms with van der Waals surface area (Å²) >= 11 is 0. The van der Waals surface area contributed by atoms with Crippen molar-refractivity contribution in [3.05, 3.63) is 95.7 Å². The molecule has 0 aliphatic carbocycles. The van der Waals surface area contributed by atoms with Crippen LogP contribution in [0.5, 0.6) is 0 Å². The number of likely N-dealkylation sites (N-methyl/N-ethyl adjacent to an activating group) is 1. The van der Waals surface area contributed by atoms with E-state index in [1.807, 2.05) is 60.8 Å². The number of aromatic nitrogens is 1. The zero-order valence-corrected chi connectivity index (χ0v) is 22.1. The molecule has 0 spiro atoms. The van der Waals surface area contributed by atoms with Gasteiger partial charge in [-0.3, -0.25) is 19.1 Å². The number of carboxylic acid groups (broad SMARTS) is 1. The lowest BCUT2D eigenvalue weighted by molar-refractivity contribution is -0.110. The third kappa shape index (κ3) is 4.88. The van der Waals surface area contributed by atoms with Gasteiger partial charge in [-0.25, -0.2) is 4.79 Å². The summed E-state index contributed by atoms with van der Waals surface area (Å²) in [5, 5.41) is 16.5. The van der Waals surface area contributed by atoms with Crippen LogP contribution in [0.4, 0.5) is 11.4 Å². The second-order valence-electron chi connectivity index (χ2n) is 10.2. The summed E-state index contributed by atoms with van der Waals surface area (Å²) in [6, 6.07) is 21.8. The Bertz CT molecular complexity index is 1670. The van der Waals surface area contributed by atoms with Crippen LogP contribution in [0.25, 0.3) is 22.2 Å². The number of carboxylic acids is 1. The minimum absolute atomic E-state index is 0.0346. The molecule has 2 aliphatic rings. The van der Waals surface area contributed by atoms with Gasteiger partial charge in [-0.2, -0.15) is 0 Å². The molecular weight excluding hydrogens is 506 g/mol. The third-order valence-corrected chi connectivity index (χ3v) is 7.51. The van der Waals surface area contributed by atoms with Crippen LogP contribution in [0.1, 0.15) is 26.3 Å². The number of hydrogen-bond donors (Lipinski definition) is 3. The number of carbonyl (C=O) groups excluding carboxylic acids is 2. The molecule has 202 valence electrons. The minimum Gasteiger partial charge on any atom is -0.478 e. The normalized spacial score (nSPS) is 17.0. The lowest BCUT2D eigenvalue weighted by atomic mass is 9.99. The molecule has 40 heavy (non-hydrogen) atoms. The maximum atomic E-state index is 13.2. The fourth-order valence-corrected chi connectivity index (χ4v) is 5.29. The summed E-state index contributed by atoms with van der Waals surface area (Å²) in [6.45, 7) is 4.04. The quantitative estimate of drug-likeness (QED) is 0.318. The number of nitrogens with one attached hydrogen (secondary N) is 2. The van der Waals surface area contributed by atoms with Gasteiger partial charge in [0.25, 0.3) is 5.91 Å². The zero-order valence-electron chi connectivity index (χ0n) is 22.1. The van der Waals surface area contributed by atoms with Crippen molar-refractivity contribution in [2.24, 2.45) is 0 Å². The van der Waals surface area contributed by atoms with Crippen molar-refractivity contribution in [2.75, 3.05) is 50.4 Å². The van der Waals surface area contributed by atoms with E-state index in [9.17, 15) is 19.5 Å². The van der Waals surface area contributed by atoms with E-state index in [1.54, 1.807) is 10.6 Å². The molecule has 0 unspecified atom stereocenters. The molecule has 1 saturated heterocycles. The van der Waals surface area contributed by atoms with Gasteiger partial charge in [-0.1, -0.05) is 36.4 Å². The highest BCUT2D eigenvalue weighted by atomic mass is 16.4. The Labute approximate surface area is 231 Å². The lowest BCUT2D eigenvalue weighted by Gasteiger charge is -2.31. The highest BCUT2D eigenvalue weighted by molar-refractivity contribution is 6.37. The SMILES string of the molecule is CN1CCN(CC(=O)n2ccc3cc(NC(=C4C(=O)Nc5cc(C(=O)O)ccc54)c4ccccc4)ccc32)CC1. The van der Waals surface area contributed by atoms with Gasteiger partial charge in [0.15, 0.2) is 0 Å². The molecule has 3 heterocycles. The molecule has 2 aliphatic heterocycles. The van der Waals surface area contributed by atoms with Gasteiger partial charge >= 0.3 is 5.97 Å². The predicted molar refractivity (Wildman–Crippen MR) is 155 cm³/mol. The number of rotatable bonds is 6. The monoisotopic (exact) mass is 535 g/mol. The van der Waals surface area contributed by atoms with Crippen LogP contribution < -0.4 is 10.6 Å². The molecule has 3 N–H and O–H groups in total. The fraction of sp³-hybridized carbons (Fsp3) is 0.194. The van der Waals surface area contributed by atoms with Crippen molar-refractivity contribution in [3.8, 4) is 0 Å². The summed E-state index contributed by atoms with van der Waals surface area (Å²) in [7, 11) is 2.09. The number of aromatic carboxylic acids is 1. The highest BCUT2D eigenvalue weighted by Gasteiger charge is 2.29. The smallest absolute Gasteiger partial charge is 0.335 e. The number of anilines is 2. The van der Waals surface area contributed by atoms with Gasteiger partial charge in [0.1, 0.15) is 0 Å². The number of hydrogen-bond acceptors (Lipinski definition) is 6. The molecule has 3 aromatic carbocycles. The molecule has 1 aromatic heterocycles.